The predicted octanol–water partition coefficient (Wildman–Crippen LogP) is 4.26. The minimum Gasteiger partial charge on any atom is -0.459 e. The molecule has 2 aromatic carbocycles. The molecule has 0 spiro atoms. The normalized spacial score (nSPS) is 43.6. The molecule has 12 atom stereocenters. The average Bonchev–Trinajstić information content (AvgIpc) is 3.68. The van der Waals surface area contributed by atoms with Crippen molar-refractivity contribution in [1.29, 1.82) is 0 Å². The second-order valence-corrected chi connectivity index (χ2v) is 14.7. The number of aliphatic hydroxyl groups excluding tert-OH is 1. The number of esters is 3. The van der Waals surface area contributed by atoms with Gasteiger partial charge in [0.05, 0.1) is 23.3 Å². The highest BCUT2D eigenvalue weighted by Crippen LogP contribution is 2.73. The second-order valence-electron chi connectivity index (χ2n) is 14.7. The summed E-state index contributed by atoms with van der Waals surface area (Å²) in [6, 6.07) is 17.7. The van der Waals surface area contributed by atoms with Crippen molar-refractivity contribution >= 4 is 17.9 Å². The lowest BCUT2D eigenvalue weighted by atomic mass is 9.41. The Hall–Kier alpha value is -3.53. The zero-order valence-corrected chi connectivity index (χ0v) is 26.0. The third-order valence-electron chi connectivity index (χ3n) is 12.9. The van der Waals surface area contributed by atoms with Crippen molar-refractivity contribution in [1.82, 2.24) is 0 Å². The molecule has 2 aromatic rings. The number of rotatable bonds is 5. The van der Waals surface area contributed by atoms with Gasteiger partial charge in [-0.25, -0.2) is 14.4 Å². The zero-order valence-electron chi connectivity index (χ0n) is 26.0. The summed E-state index contributed by atoms with van der Waals surface area (Å²) in [7, 11) is 0. The molecule has 8 rings (SSSR count). The number of carbonyl (C=O) groups excluding carboxylic acids is 3. The van der Waals surface area contributed by atoms with Gasteiger partial charge in [0.1, 0.15) is 30.5 Å². The monoisotopic (exact) mass is 628 g/mol. The van der Waals surface area contributed by atoms with Crippen LogP contribution in [0.1, 0.15) is 66.7 Å². The van der Waals surface area contributed by atoms with E-state index < -0.39 is 64.4 Å². The lowest BCUT2D eigenvalue weighted by Crippen LogP contribution is -2.74. The van der Waals surface area contributed by atoms with Crippen LogP contribution in [0.15, 0.2) is 72.3 Å². The molecule has 4 aliphatic carbocycles. The van der Waals surface area contributed by atoms with Gasteiger partial charge >= 0.3 is 17.9 Å². The Labute approximate surface area is 267 Å². The van der Waals surface area contributed by atoms with Crippen molar-refractivity contribution in [2.24, 2.45) is 34.5 Å². The molecule has 6 aliphatic rings. The highest BCUT2D eigenvalue weighted by Gasteiger charge is 2.82. The maximum Gasteiger partial charge on any atom is 0.338 e. The SMILES string of the molecule is C[C@]12CC[C@H](OC(=O)c3ccccc3)C[C@@H]1C[C@@H]1O[C@@H]3C[C@H](C4=CC(=O)OC4)[C@]4(C)[C@H](O)[C@@H](OC(=O)c5ccccc5)[C@@H]2[C@H]1[C@@]34O. The fraction of sp³-hybridized carbons (Fsp3) is 0.541. The summed E-state index contributed by atoms with van der Waals surface area (Å²) in [4.78, 5) is 38.8. The van der Waals surface area contributed by atoms with Crippen LogP contribution in [0, 0.1) is 34.5 Å². The molecular formula is C37H40O9. The Morgan fingerprint density at radius 2 is 1.54 bits per heavy atom. The molecule has 0 bridgehead atoms. The molecule has 4 saturated carbocycles. The van der Waals surface area contributed by atoms with E-state index in [-0.39, 0.29) is 30.7 Å². The molecule has 2 N–H and O–H groups in total. The van der Waals surface area contributed by atoms with Crippen molar-refractivity contribution in [3.8, 4) is 0 Å². The van der Waals surface area contributed by atoms with Crippen LogP contribution >= 0.6 is 0 Å². The summed E-state index contributed by atoms with van der Waals surface area (Å²) in [5, 5.41) is 25.5. The average molecular weight is 629 g/mol. The Morgan fingerprint density at radius 1 is 0.891 bits per heavy atom. The maximum absolute atomic E-state index is 13.7. The number of hydrogen-bond donors (Lipinski definition) is 2. The van der Waals surface area contributed by atoms with Crippen LogP contribution in [0.2, 0.25) is 0 Å². The van der Waals surface area contributed by atoms with Gasteiger partial charge < -0.3 is 29.2 Å². The van der Waals surface area contributed by atoms with E-state index >= 15 is 0 Å². The van der Waals surface area contributed by atoms with Crippen LogP contribution in [-0.2, 0) is 23.7 Å². The summed E-state index contributed by atoms with van der Waals surface area (Å²) in [5.41, 5.74) is -1.41. The van der Waals surface area contributed by atoms with Gasteiger partial charge in [0.15, 0.2) is 0 Å². The molecule has 0 unspecified atom stereocenters. The zero-order chi connectivity index (χ0) is 32.0. The molecule has 0 aromatic heterocycles. The van der Waals surface area contributed by atoms with Gasteiger partial charge in [-0.3, -0.25) is 0 Å². The van der Waals surface area contributed by atoms with Crippen LogP contribution in [0.4, 0.5) is 0 Å². The van der Waals surface area contributed by atoms with Gasteiger partial charge in [-0.15, -0.1) is 0 Å². The minimum absolute atomic E-state index is 0.0392. The Morgan fingerprint density at radius 3 is 2.17 bits per heavy atom. The summed E-state index contributed by atoms with van der Waals surface area (Å²) in [5.74, 6) is -2.50. The number of hydrogen-bond acceptors (Lipinski definition) is 9. The van der Waals surface area contributed by atoms with Gasteiger partial charge in [-0.1, -0.05) is 50.2 Å². The smallest absolute Gasteiger partial charge is 0.338 e. The first-order chi connectivity index (χ1) is 22.1. The Bertz CT molecular complexity index is 1590. The molecule has 5 fully saturated rings. The first-order valence-corrected chi connectivity index (χ1v) is 16.5. The number of carbonyl (C=O) groups is 3. The van der Waals surface area contributed by atoms with Gasteiger partial charge in [0.2, 0.25) is 0 Å². The molecule has 2 heterocycles. The van der Waals surface area contributed by atoms with E-state index in [1.807, 2.05) is 31.2 Å². The van der Waals surface area contributed by atoms with Crippen molar-refractivity contribution in [3.63, 3.8) is 0 Å². The Kier molecular flexibility index (Phi) is 6.81. The van der Waals surface area contributed by atoms with Crippen molar-refractivity contribution in [2.75, 3.05) is 6.61 Å². The number of fused-ring (bicyclic) bond motifs is 2. The molecule has 9 nitrogen and oxygen atoms in total. The molecule has 2 aliphatic heterocycles. The topological polar surface area (TPSA) is 129 Å². The van der Waals surface area contributed by atoms with Crippen molar-refractivity contribution in [2.45, 2.75) is 82.1 Å². The highest BCUT2D eigenvalue weighted by molar-refractivity contribution is 5.90. The van der Waals surface area contributed by atoms with E-state index in [2.05, 4.69) is 6.92 Å². The quantitative estimate of drug-likeness (QED) is 0.369. The lowest BCUT2D eigenvalue weighted by Gasteiger charge is -2.65. The largest absolute Gasteiger partial charge is 0.459 e. The third-order valence-corrected chi connectivity index (χ3v) is 12.9. The Balaban J connectivity index is 1.17. The molecule has 0 radical (unpaired) electrons. The van der Waals surface area contributed by atoms with E-state index in [0.717, 1.165) is 5.57 Å². The minimum atomic E-state index is -1.42. The summed E-state index contributed by atoms with van der Waals surface area (Å²) in [6.45, 7) is 4.15. The van der Waals surface area contributed by atoms with E-state index in [4.69, 9.17) is 18.9 Å². The predicted molar refractivity (Wildman–Crippen MR) is 163 cm³/mol. The van der Waals surface area contributed by atoms with E-state index in [0.29, 0.717) is 43.2 Å². The molecule has 242 valence electrons. The molecule has 1 saturated heterocycles. The highest BCUT2D eigenvalue weighted by atomic mass is 16.6. The molecule has 9 heteroatoms. The van der Waals surface area contributed by atoms with Crippen molar-refractivity contribution in [3.05, 3.63) is 83.4 Å². The lowest BCUT2D eigenvalue weighted by molar-refractivity contribution is -0.276. The maximum atomic E-state index is 13.7. The number of cyclic esters (lactones) is 1. The standard InChI is InChI=1S/C37H40O9/c1-35-14-13-24(44-33(40)20-9-5-3-6-10-20)16-23(35)17-26-29-30(35)31(46-34(41)21-11-7-4-8-12-21)32(39)36(2)25(22-15-28(38)43-19-22)18-27(45-26)37(29,36)42/h3-12,15,23-27,29-32,39,42H,13-14,16-19H2,1-2H3/t23-,24+,25-,26+,27-,29+,30+,31+,32-,35+,36-,37+/m1/s1. The van der Waals surface area contributed by atoms with E-state index in [1.165, 1.54) is 6.08 Å². The molecule has 0 amide bonds. The second kappa shape index (κ2) is 10.5. The number of benzene rings is 2. The first kappa shape index (κ1) is 29.8. The summed E-state index contributed by atoms with van der Waals surface area (Å²) >= 11 is 0. The van der Waals surface area contributed by atoms with Gasteiger partial charge in [-0.2, -0.15) is 0 Å². The van der Waals surface area contributed by atoms with E-state index in [1.54, 1.807) is 36.4 Å². The van der Waals surface area contributed by atoms with E-state index in [9.17, 15) is 24.6 Å². The number of aliphatic hydroxyl groups is 2. The van der Waals surface area contributed by atoms with Gasteiger partial charge in [0.25, 0.3) is 0 Å². The summed E-state index contributed by atoms with van der Waals surface area (Å²) < 4.78 is 24.4. The van der Waals surface area contributed by atoms with Crippen LogP contribution in [0.25, 0.3) is 0 Å². The van der Waals surface area contributed by atoms with Crippen molar-refractivity contribution < 1.29 is 43.5 Å². The molecule has 46 heavy (non-hydrogen) atoms. The van der Waals surface area contributed by atoms with Crippen LogP contribution in [0.5, 0.6) is 0 Å². The summed E-state index contributed by atoms with van der Waals surface area (Å²) in [6.07, 6.45) is 1.08. The number of ether oxygens (including phenoxy) is 4. The van der Waals surface area contributed by atoms with Crippen LogP contribution in [0.3, 0.4) is 0 Å². The fourth-order valence-corrected chi connectivity index (χ4v) is 10.7. The van der Waals surface area contributed by atoms with Crippen LogP contribution < -0.4 is 0 Å². The molecular weight excluding hydrogens is 588 g/mol. The fourth-order valence-electron chi connectivity index (χ4n) is 10.7. The van der Waals surface area contributed by atoms with Gasteiger partial charge in [0, 0.05) is 23.3 Å². The first-order valence-electron chi connectivity index (χ1n) is 16.5. The van der Waals surface area contributed by atoms with Gasteiger partial charge in [-0.05, 0) is 79.2 Å². The van der Waals surface area contributed by atoms with Crippen LogP contribution in [-0.4, -0.2) is 70.8 Å². The third kappa shape index (κ3) is 4.07.